The van der Waals surface area contributed by atoms with Gasteiger partial charge in [-0.3, -0.25) is 10.1 Å². The Kier molecular flexibility index (Phi) is 4.54. The van der Waals surface area contributed by atoms with Crippen LogP contribution < -0.4 is 0 Å². The Morgan fingerprint density at radius 1 is 1.07 bits per heavy atom. The van der Waals surface area contributed by atoms with Gasteiger partial charge >= 0.3 is 5.00 Å². The van der Waals surface area contributed by atoms with E-state index >= 15 is 0 Å². The molecule has 1 aromatic carbocycles. The third-order valence-electron chi connectivity index (χ3n) is 4.76. The number of aryl methyl sites for hydroxylation is 1. The highest BCUT2D eigenvalue weighted by atomic mass is 32.1. The van der Waals surface area contributed by atoms with Gasteiger partial charge in [-0.1, -0.05) is 23.5 Å². The van der Waals surface area contributed by atoms with Crippen LogP contribution in [0.3, 0.4) is 0 Å². The number of hydrogen-bond acceptors (Lipinski definition) is 7. The number of nitro groups is 1. The maximum Gasteiger partial charge on any atom is 0.324 e. The minimum absolute atomic E-state index is 0.137. The minimum atomic E-state index is -0.363. The molecule has 5 rings (SSSR count). The summed E-state index contributed by atoms with van der Waals surface area (Å²) < 4.78 is 1.18. The van der Waals surface area contributed by atoms with Gasteiger partial charge < -0.3 is 0 Å². The van der Waals surface area contributed by atoms with Gasteiger partial charge in [-0.25, -0.2) is 9.98 Å². The average Bonchev–Trinajstić information content (AvgIpc) is 3.41. The van der Waals surface area contributed by atoms with Gasteiger partial charge in [0.1, 0.15) is 10.0 Å². The summed E-state index contributed by atoms with van der Waals surface area (Å²) in [6.07, 6.45) is 6.32. The molecule has 140 valence electrons. The first-order valence-corrected chi connectivity index (χ1v) is 11.4. The summed E-state index contributed by atoms with van der Waals surface area (Å²) in [7, 11) is 0. The number of thiazole rings is 1. The zero-order valence-electron chi connectivity index (χ0n) is 14.8. The number of rotatable bonds is 4. The molecule has 0 N–H and O–H groups in total. The van der Waals surface area contributed by atoms with Crippen LogP contribution in [-0.4, -0.2) is 16.1 Å². The van der Waals surface area contributed by atoms with E-state index in [0.29, 0.717) is 0 Å². The second-order valence-electron chi connectivity index (χ2n) is 6.57. The van der Waals surface area contributed by atoms with Crippen molar-refractivity contribution in [2.45, 2.75) is 25.7 Å². The quantitative estimate of drug-likeness (QED) is 0.209. The topological polar surface area (TPSA) is 68.4 Å². The fourth-order valence-electron chi connectivity index (χ4n) is 3.47. The molecule has 0 unspecified atom stereocenters. The molecule has 8 heteroatoms. The van der Waals surface area contributed by atoms with E-state index in [1.165, 1.54) is 34.0 Å². The molecule has 0 saturated carbocycles. The molecule has 0 amide bonds. The molecule has 0 atom stereocenters. The Hall–Kier alpha value is -2.42. The van der Waals surface area contributed by atoms with Crippen LogP contribution in [0.25, 0.3) is 20.8 Å². The fraction of sp³-hybridized carbons (Fsp3) is 0.200. The molecule has 0 radical (unpaired) electrons. The summed E-state index contributed by atoms with van der Waals surface area (Å²) in [5.41, 5.74) is 3.56. The number of aromatic nitrogens is 1. The monoisotopic (exact) mass is 425 g/mol. The van der Waals surface area contributed by atoms with Crippen molar-refractivity contribution in [1.82, 2.24) is 4.98 Å². The van der Waals surface area contributed by atoms with Gasteiger partial charge in [-0.2, -0.15) is 0 Å². The molecule has 1 aliphatic rings. The van der Waals surface area contributed by atoms with Crippen molar-refractivity contribution in [3.63, 3.8) is 0 Å². The molecule has 0 saturated heterocycles. The SMILES string of the molecule is O=[N+]([O-])c1ccc(C=Nc2sc3c(c2-c2nc4ccccc4s2)CCCC3)s1. The number of aliphatic imine (C=N–C) groups is 1. The highest BCUT2D eigenvalue weighted by molar-refractivity contribution is 7.22. The average molecular weight is 426 g/mol. The van der Waals surface area contributed by atoms with Crippen LogP contribution in [0.4, 0.5) is 10.0 Å². The second kappa shape index (κ2) is 7.20. The largest absolute Gasteiger partial charge is 0.324 e. The van der Waals surface area contributed by atoms with Gasteiger partial charge in [0.25, 0.3) is 0 Å². The van der Waals surface area contributed by atoms with E-state index in [4.69, 9.17) is 9.98 Å². The number of thiophene rings is 2. The van der Waals surface area contributed by atoms with Gasteiger partial charge in [-0.05, 0) is 49.4 Å². The summed E-state index contributed by atoms with van der Waals surface area (Å²) in [6.45, 7) is 0. The van der Waals surface area contributed by atoms with Crippen LogP contribution in [0.15, 0.2) is 41.4 Å². The van der Waals surface area contributed by atoms with Crippen LogP contribution >= 0.6 is 34.0 Å². The lowest BCUT2D eigenvalue weighted by atomic mass is 9.96. The minimum Gasteiger partial charge on any atom is -0.258 e. The van der Waals surface area contributed by atoms with Crippen LogP contribution in [0, 0.1) is 10.1 Å². The predicted octanol–water partition coefficient (Wildman–Crippen LogP) is 6.62. The number of benzene rings is 1. The van der Waals surface area contributed by atoms with E-state index in [1.54, 1.807) is 35.0 Å². The second-order valence-corrected chi connectivity index (χ2v) is 9.78. The van der Waals surface area contributed by atoms with E-state index in [1.807, 2.05) is 18.2 Å². The Balaban J connectivity index is 1.60. The standard InChI is InChI=1S/C20H15N3O2S3/c24-23(25)17-10-9-12(26-17)11-21-19-18(13-5-1-3-7-15(13)27-19)20-22-14-6-2-4-8-16(14)28-20/h2,4,6,8-11H,1,3,5,7H2. The fourth-order valence-corrected chi connectivity index (χ4v) is 6.51. The number of fused-ring (bicyclic) bond motifs is 2. The summed E-state index contributed by atoms with van der Waals surface area (Å²) in [6, 6.07) is 11.5. The van der Waals surface area contributed by atoms with Crippen molar-refractivity contribution in [2.75, 3.05) is 0 Å². The molecule has 0 fully saturated rings. The van der Waals surface area contributed by atoms with E-state index < -0.39 is 0 Å². The highest BCUT2D eigenvalue weighted by Crippen LogP contribution is 2.47. The van der Waals surface area contributed by atoms with Crippen LogP contribution in [0.5, 0.6) is 0 Å². The summed E-state index contributed by atoms with van der Waals surface area (Å²) in [5, 5.41) is 13.0. The van der Waals surface area contributed by atoms with Gasteiger partial charge in [0.2, 0.25) is 0 Å². The molecule has 0 bridgehead atoms. The molecular formula is C20H15N3O2S3. The van der Waals surface area contributed by atoms with Gasteiger partial charge in [-0.15, -0.1) is 22.7 Å². The maximum atomic E-state index is 10.9. The molecule has 28 heavy (non-hydrogen) atoms. The molecule has 4 aromatic rings. The van der Waals surface area contributed by atoms with Crippen LogP contribution in [-0.2, 0) is 12.8 Å². The summed E-state index contributed by atoms with van der Waals surface area (Å²) in [5.74, 6) is 0. The predicted molar refractivity (Wildman–Crippen MR) is 118 cm³/mol. The van der Waals surface area contributed by atoms with Crippen molar-refractivity contribution in [1.29, 1.82) is 0 Å². The molecule has 0 aliphatic heterocycles. The van der Waals surface area contributed by atoms with Gasteiger partial charge in [0.15, 0.2) is 0 Å². The normalized spacial score (nSPS) is 14.0. The van der Waals surface area contributed by atoms with Crippen LogP contribution in [0.1, 0.15) is 28.2 Å². The third kappa shape index (κ3) is 3.17. The first kappa shape index (κ1) is 17.7. The Morgan fingerprint density at radius 2 is 1.93 bits per heavy atom. The number of nitrogens with zero attached hydrogens (tertiary/aromatic N) is 3. The summed E-state index contributed by atoms with van der Waals surface area (Å²) >= 11 is 4.59. The Morgan fingerprint density at radius 3 is 2.75 bits per heavy atom. The van der Waals surface area contributed by atoms with E-state index in [2.05, 4.69) is 6.07 Å². The summed E-state index contributed by atoms with van der Waals surface area (Å²) in [4.78, 5) is 22.4. The van der Waals surface area contributed by atoms with Gasteiger partial charge in [0.05, 0.1) is 25.6 Å². The van der Waals surface area contributed by atoms with Crippen molar-refractivity contribution >= 4 is 60.4 Å². The zero-order chi connectivity index (χ0) is 19.1. The van der Waals surface area contributed by atoms with Crippen molar-refractivity contribution in [2.24, 2.45) is 4.99 Å². The highest BCUT2D eigenvalue weighted by Gasteiger charge is 2.24. The zero-order valence-corrected chi connectivity index (χ0v) is 17.2. The van der Waals surface area contributed by atoms with Crippen molar-refractivity contribution in [3.8, 4) is 10.6 Å². The number of para-hydroxylation sites is 1. The smallest absolute Gasteiger partial charge is 0.258 e. The number of hydrogen-bond donors (Lipinski definition) is 0. The Labute approximate surface area is 173 Å². The first-order valence-electron chi connectivity index (χ1n) is 8.98. The molecule has 3 aromatic heterocycles. The molecule has 3 heterocycles. The first-order chi connectivity index (χ1) is 13.7. The van der Waals surface area contributed by atoms with E-state index in [0.717, 1.165) is 50.1 Å². The van der Waals surface area contributed by atoms with Crippen molar-refractivity contribution in [3.05, 3.63) is 61.8 Å². The van der Waals surface area contributed by atoms with E-state index in [9.17, 15) is 10.1 Å². The lowest BCUT2D eigenvalue weighted by Crippen LogP contribution is -1.99. The third-order valence-corrected chi connectivity index (χ3v) is 7.99. The molecular weight excluding hydrogens is 410 g/mol. The Bertz CT molecular complexity index is 1190. The lowest BCUT2D eigenvalue weighted by molar-refractivity contribution is -0.380. The molecule has 5 nitrogen and oxygen atoms in total. The molecule has 1 aliphatic carbocycles. The lowest BCUT2D eigenvalue weighted by Gasteiger charge is -2.11. The maximum absolute atomic E-state index is 10.9. The van der Waals surface area contributed by atoms with Gasteiger partial charge in [0, 0.05) is 17.2 Å². The molecule has 0 spiro atoms. The van der Waals surface area contributed by atoms with Crippen LogP contribution in [0.2, 0.25) is 0 Å². The van der Waals surface area contributed by atoms with E-state index in [-0.39, 0.29) is 9.92 Å². The van der Waals surface area contributed by atoms with Crippen molar-refractivity contribution < 1.29 is 4.92 Å².